The molecule has 1 saturated heterocycles. The van der Waals surface area contributed by atoms with Gasteiger partial charge in [0.1, 0.15) is 0 Å². The fourth-order valence-electron chi connectivity index (χ4n) is 2.94. The number of rotatable bonds is 2. The summed E-state index contributed by atoms with van der Waals surface area (Å²) in [6, 6.07) is 9.95. The third kappa shape index (κ3) is 2.88. The Morgan fingerprint density at radius 3 is 2.08 bits per heavy atom. The van der Waals surface area contributed by atoms with Gasteiger partial charge >= 0.3 is 7.12 Å². The summed E-state index contributed by atoms with van der Waals surface area (Å²) >= 11 is 0. The van der Waals surface area contributed by atoms with Gasteiger partial charge in [-0.05, 0) is 61.1 Å². The Morgan fingerprint density at radius 1 is 0.760 bits per heavy atom. The molecule has 1 fully saturated rings. The quantitative estimate of drug-likeness (QED) is 0.626. The largest absolute Gasteiger partial charge is 0.494 e. The molecule has 0 atom stereocenters. The molecule has 3 heteroatoms. The Labute approximate surface area is 156 Å². The summed E-state index contributed by atoms with van der Waals surface area (Å²) in [5.41, 5.74) is 0.762. The van der Waals surface area contributed by atoms with E-state index in [9.17, 15) is 0 Å². The van der Waals surface area contributed by atoms with Crippen LogP contribution in [0.3, 0.4) is 0 Å². The van der Waals surface area contributed by atoms with Crippen LogP contribution in [0.25, 0.3) is 21.9 Å². The molecule has 3 aromatic carbocycles. The second-order valence-corrected chi connectivity index (χ2v) is 7.41. The van der Waals surface area contributed by atoms with Crippen molar-refractivity contribution >= 4 is 23.4 Å². The first-order valence-corrected chi connectivity index (χ1v) is 8.39. The van der Waals surface area contributed by atoms with E-state index in [-0.39, 0.29) is 29.7 Å². The highest BCUT2D eigenvalue weighted by molar-refractivity contribution is 6.62. The Balaban J connectivity index is 1.82. The van der Waals surface area contributed by atoms with Crippen LogP contribution in [-0.2, 0) is 9.31 Å². The molecule has 0 aliphatic carbocycles. The Hall–Kier alpha value is -2.10. The summed E-state index contributed by atoms with van der Waals surface area (Å²) in [7, 11) is -0.496. The van der Waals surface area contributed by atoms with Crippen molar-refractivity contribution < 1.29 is 16.2 Å². The molecular weight excluding hydrogens is 307 g/mol. The van der Waals surface area contributed by atoms with Gasteiger partial charge in [0.2, 0.25) is 0 Å². The normalized spacial score (nSPS) is 21.4. The summed E-state index contributed by atoms with van der Waals surface area (Å²) in [5.74, 6) is 0. The van der Waals surface area contributed by atoms with E-state index in [0.29, 0.717) is 5.56 Å². The summed E-state index contributed by atoms with van der Waals surface area (Å²) in [5, 5.41) is 1.86. The predicted octanol–water partition coefficient (Wildman–Crippen LogP) is 4.81. The average molecular weight is 335 g/mol. The van der Waals surface area contributed by atoms with Gasteiger partial charge in [-0.1, -0.05) is 60.5 Å². The molecule has 0 aromatic heterocycles. The molecule has 0 unspecified atom stereocenters. The molecule has 1 aliphatic rings. The van der Waals surface area contributed by atoms with Crippen molar-refractivity contribution in [3.05, 3.63) is 66.6 Å². The van der Waals surface area contributed by atoms with Gasteiger partial charge in [0.15, 0.2) is 0 Å². The van der Waals surface area contributed by atoms with Crippen molar-refractivity contribution in [3.8, 4) is 11.1 Å². The van der Waals surface area contributed by atoms with Crippen LogP contribution in [0.5, 0.6) is 0 Å². The second kappa shape index (κ2) is 5.72. The average Bonchev–Trinajstić information content (AvgIpc) is 2.91. The maximum atomic E-state index is 8.23. The molecule has 25 heavy (non-hydrogen) atoms. The molecule has 0 amide bonds. The molecule has 0 radical (unpaired) electrons. The van der Waals surface area contributed by atoms with Crippen molar-refractivity contribution in [2.24, 2.45) is 0 Å². The number of benzene rings is 3. The van der Waals surface area contributed by atoms with Crippen LogP contribution in [0.4, 0.5) is 0 Å². The molecule has 3 aromatic rings. The SMILES string of the molecule is [2H]c1c([2H])c([2H])c(-c2ccc3ccc(B4OC(C)(C)C(C)(C)O4)cc3c2)c([2H])c1[2H]. The molecule has 0 bridgehead atoms. The van der Waals surface area contributed by atoms with Gasteiger partial charge in [-0.15, -0.1) is 0 Å². The van der Waals surface area contributed by atoms with Gasteiger partial charge in [0.25, 0.3) is 0 Å². The smallest absolute Gasteiger partial charge is 0.399 e. The summed E-state index contributed by atoms with van der Waals surface area (Å²) < 4.78 is 52.4. The molecule has 0 N–H and O–H groups in total. The first-order valence-electron chi connectivity index (χ1n) is 10.9. The monoisotopic (exact) mass is 335 g/mol. The Morgan fingerprint density at radius 2 is 1.40 bits per heavy atom. The third-order valence-corrected chi connectivity index (χ3v) is 5.18. The second-order valence-electron chi connectivity index (χ2n) is 7.41. The van der Waals surface area contributed by atoms with Crippen LogP contribution in [0.15, 0.2) is 66.6 Å². The zero-order valence-electron chi connectivity index (χ0n) is 19.9. The van der Waals surface area contributed by atoms with Gasteiger partial charge < -0.3 is 9.31 Å². The standard InChI is InChI=1S/C22H23BO2/c1-21(2)22(3,4)25-23(24-21)20-13-12-17-10-11-18(14-19(17)15-20)16-8-6-5-7-9-16/h5-15H,1-4H3/i5D,6D,7D,8D,9D. The van der Waals surface area contributed by atoms with Gasteiger partial charge in [0.05, 0.1) is 18.1 Å². The Kier molecular flexibility index (Phi) is 2.63. The topological polar surface area (TPSA) is 18.5 Å². The minimum atomic E-state index is -0.496. The molecular formula is C22H23BO2. The molecule has 126 valence electrons. The Bertz CT molecular complexity index is 1130. The summed E-state index contributed by atoms with van der Waals surface area (Å²) in [4.78, 5) is 0. The van der Waals surface area contributed by atoms with E-state index >= 15 is 0 Å². The molecule has 4 rings (SSSR count). The maximum Gasteiger partial charge on any atom is 0.494 e. The number of fused-ring (bicyclic) bond motifs is 1. The van der Waals surface area contributed by atoms with Crippen LogP contribution >= 0.6 is 0 Å². The number of hydrogen-bond donors (Lipinski definition) is 0. The molecule has 1 heterocycles. The van der Waals surface area contributed by atoms with Crippen molar-refractivity contribution in [2.45, 2.75) is 38.9 Å². The van der Waals surface area contributed by atoms with Gasteiger partial charge in [0, 0.05) is 0 Å². The molecule has 2 nitrogen and oxygen atoms in total. The van der Waals surface area contributed by atoms with E-state index < -0.39 is 24.4 Å². The first-order chi connectivity index (χ1) is 13.9. The highest BCUT2D eigenvalue weighted by atomic mass is 16.7. The minimum Gasteiger partial charge on any atom is -0.399 e. The molecule has 1 aliphatic heterocycles. The van der Waals surface area contributed by atoms with E-state index in [1.54, 1.807) is 6.07 Å². The summed E-state index contributed by atoms with van der Waals surface area (Å²) in [6.45, 7) is 8.02. The lowest BCUT2D eigenvalue weighted by molar-refractivity contribution is 0.00578. The van der Waals surface area contributed by atoms with Gasteiger partial charge in [-0.3, -0.25) is 0 Å². The van der Waals surface area contributed by atoms with E-state index in [0.717, 1.165) is 16.2 Å². The van der Waals surface area contributed by atoms with Crippen LogP contribution < -0.4 is 5.46 Å². The van der Waals surface area contributed by atoms with E-state index in [1.165, 1.54) is 0 Å². The fourth-order valence-corrected chi connectivity index (χ4v) is 2.94. The predicted molar refractivity (Wildman–Crippen MR) is 105 cm³/mol. The van der Waals surface area contributed by atoms with Crippen molar-refractivity contribution in [3.63, 3.8) is 0 Å². The lowest BCUT2D eigenvalue weighted by Crippen LogP contribution is -2.41. The van der Waals surface area contributed by atoms with Crippen LogP contribution in [0.1, 0.15) is 34.5 Å². The molecule has 0 spiro atoms. The van der Waals surface area contributed by atoms with E-state index in [2.05, 4.69) is 0 Å². The lowest BCUT2D eigenvalue weighted by Gasteiger charge is -2.32. The zero-order valence-corrected chi connectivity index (χ0v) is 14.9. The lowest BCUT2D eigenvalue weighted by atomic mass is 9.78. The van der Waals surface area contributed by atoms with Crippen LogP contribution in [0.2, 0.25) is 0 Å². The van der Waals surface area contributed by atoms with Gasteiger partial charge in [-0.25, -0.2) is 0 Å². The first kappa shape index (κ1) is 11.5. The van der Waals surface area contributed by atoms with Crippen molar-refractivity contribution in [1.82, 2.24) is 0 Å². The zero-order chi connectivity index (χ0) is 22.0. The minimum absolute atomic E-state index is 0.198. The highest BCUT2D eigenvalue weighted by Crippen LogP contribution is 2.36. The molecule has 0 saturated carbocycles. The van der Waals surface area contributed by atoms with Crippen molar-refractivity contribution in [2.75, 3.05) is 0 Å². The highest BCUT2D eigenvalue weighted by Gasteiger charge is 2.51. The van der Waals surface area contributed by atoms with Crippen molar-refractivity contribution in [1.29, 1.82) is 0 Å². The van der Waals surface area contributed by atoms with E-state index in [1.807, 2.05) is 58.0 Å². The van der Waals surface area contributed by atoms with Gasteiger partial charge in [-0.2, -0.15) is 0 Å². The third-order valence-electron chi connectivity index (χ3n) is 5.18. The number of hydrogen-bond acceptors (Lipinski definition) is 2. The van der Waals surface area contributed by atoms with Crippen LogP contribution in [0, 0.1) is 0 Å². The maximum absolute atomic E-state index is 8.23. The summed E-state index contributed by atoms with van der Waals surface area (Å²) in [6.07, 6.45) is 0. The fraction of sp³-hybridized carbons (Fsp3) is 0.273. The van der Waals surface area contributed by atoms with Crippen LogP contribution in [-0.4, -0.2) is 18.3 Å². The van der Waals surface area contributed by atoms with E-state index in [4.69, 9.17) is 16.2 Å².